The first-order valence-corrected chi connectivity index (χ1v) is 7.66. The minimum atomic E-state index is -0.551. The van der Waals surface area contributed by atoms with E-state index in [1.54, 1.807) is 0 Å². The first kappa shape index (κ1) is 12.8. The molecule has 0 heterocycles. The molecule has 0 N–H and O–H groups in total. The fourth-order valence-corrected chi connectivity index (χ4v) is 5.34. The van der Waals surface area contributed by atoms with E-state index >= 15 is 0 Å². The molecule has 0 aliphatic heterocycles. The third-order valence-corrected chi connectivity index (χ3v) is 6.99. The maximum Gasteiger partial charge on any atom is 0.0933 e. The van der Waals surface area contributed by atoms with Gasteiger partial charge in [0.25, 0.3) is 0 Å². The highest BCUT2D eigenvalue weighted by Gasteiger charge is 2.28. The van der Waals surface area contributed by atoms with Crippen LogP contribution in [-0.2, 0) is 0 Å². The summed E-state index contributed by atoms with van der Waals surface area (Å²) >= 11 is 6.29. The minimum Gasteiger partial charge on any atom is -0.0845 e. The monoisotopic (exact) mass is 239 g/mol. The van der Waals surface area contributed by atoms with Crippen LogP contribution in [0.4, 0.5) is 0 Å². The summed E-state index contributed by atoms with van der Waals surface area (Å²) in [5, 5.41) is 2.74. The van der Waals surface area contributed by atoms with Gasteiger partial charge in [0.15, 0.2) is 0 Å². The van der Waals surface area contributed by atoms with E-state index in [0.29, 0.717) is 5.04 Å². The van der Waals surface area contributed by atoms with Crippen LogP contribution in [0.3, 0.4) is 0 Å². The topological polar surface area (TPSA) is 0 Å². The molecule has 2 heteroatoms. The van der Waals surface area contributed by atoms with Gasteiger partial charge in [0.05, 0.1) is 8.80 Å². The van der Waals surface area contributed by atoms with Crippen LogP contribution in [0.1, 0.15) is 34.1 Å². The van der Waals surface area contributed by atoms with Gasteiger partial charge in [-0.3, -0.25) is 0 Å². The van der Waals surface area contributed by atoms with Gasteiger partial charge in [-0.25, -0.2) is 0 Å². The largest absolute Gasteiger partial charge is 0.0933 e. The van der Waals surface area contributed by atoms with Crippen LogP contribution in [0.5, 0.6) is 0 Å². The molecule has 0 saturated carbocycles. The first-order chi connectivity index (χ1) is 6.96. The van der Waals surface area contributed by atoms with Crippen molar-refractivity contribution >= 4 is 25.6 Å². The van der Waals surface area contributed by atoms with Crippen LogP contribution >= 0.6 is 11.6 Å². The lowest BCUT2D eigenvalue weighted by atomic mass is 10.2. The van der Waals surface area contributed by atoms with Gasteiger partial charge in [0.2, 0.25) is 0 Å². The van der Waals surface area contributed by atoms with E-state index in [1.807, 2.05) is 12.1 Å². The van der Waals surface area contributed by atoms with E-state index in [1.165, 1.54) is 17.7 Å². The second kappa shape index (κ2) is 5.18. The van der Waals surface area contributed by atoms with Gasteiger partial charge in [-0.1, -0.05) is 70.0 Å². The SMILES string of the molecule is CCC[Si](c1ccccc1Cl)C(C)(C)C. The van der Waals surface area contributed by atoms with Crippen molar-refractivity contribution in [2.45, 2.75) is 45.2 Å². The Morgan fingerprint density at radius 2 is 1.80 bits per heavy atom. The average molecular weight is 240 g/mol. The normalized spacial score (nSPS) is 12.1. The Morgan fingerprint density at radius 1 is 1.20 bits per heavy atom. The summed E-state index contributed by atoms with van der Waals surface area (Å²) in [6.07, 6.45) is 1.25. The standard InChI is InChI=1S/C13H20ClSi/c1-5-10-15(13(2,3)4)12-9-7-6-8-11(12)14/h6-9H,5,10H2,1-4H3. The molecule has 0 nitrogen and oxygen atoms in total. The molecule has 0 fully saturated rings. The molecule has 15 heavy (non-hydrogen) atoms. The van der Waals surface area contributed by atoms with E-state index in [-0.39, 0.29) is 0 Å². The Morgan fingerprint density at radius 3 is 2.27 bits per heavy atom. The number of halogens is 1. The number of rotatable bonds is 3. The van der Waals surface area contributed by atoms with Crippen LogP contribution in [0.15, 0.2) is 24.3 Å². The van der Waals surface area contributed by atoms with Crippen LogP contribution in [-0.4, -0.2) is 8.80 Å². The van der Waals surface area contributed by atoms with Gasteiger partial charge < -0.3 is 0 Å². The van der Waals surface area contributed by atoms with Crippen molar-refractivity contribution in [3.05, 3.63) is 29.3 Å². The fraction of sp³-hybridized carbons (Fsp3) is 0.538. The van der Waals surface area contributed by atoms with E-state index in [9.17, 15) is 0 Å². The molecule has 0 aliphatic rings. The summed E-state index contributed by atoms with van der Waals surface area (Å²) < 4.78 is 0. The van der Waals surface area contributed by atoms with Crippen molar-refractivity contribution in [1.29, 1.82) is 0 Å². The Labute approximate surface area is 100 Å². The predicted octanol–water partition coefficient (Wildman–Crippen LogP) is 4.25. The van der Waals surface area contributed by atoms with Crippen molar-refractivity contribution in [3.8, 4) is 0 Å². The molecule has 0 aliphatic carbocycles. The predicted molar refractivity (Wildman–Crippen MR) is 71.7 cm³/mol. The maximum atomic E-state index is 6.29. The zero-order valence-electron chi connectivity index (χ0n) is 10.1. The van der Waals surface area contributed by atoms with Crippen molar-refractivity contribution in [2.75, 3.05) is 0 Å². The van der Waals surface area contributed by atoms with Crippen molar-refractivity contribution in [3.63, 3.8) is 0 Å². The molecule has 83 valence electrons. The molecule has 0 aromatic heterocycles. The third-order valence-electron chi connectivity index (χ3n) is 2.60. The lowest BCUT2D eigenvalue weighted by Crippen LogP contribution is -2.39. The van der Waals surface area contributed by atoms with Crippen LogP contribution in [0.2, 0.25) is 16.1 Å². The van der Waals surface area contributed by atoms with Gasteiger partial charge in [0, 0.05) is 5.02 Å². The van der Waals surface area contributed by atoms with E-state index in [4.69, 9.17) is 11.6 Å². The second-order valence-electron chi connectivity index (χ2n) is 4.96. The highest BCUT2D eigenvalue weighted by atomic mass is 35.5. The summed E-state index contributed by atoms with van der Waals surface area (Å²) in [6, 6.07) is 9.64. The number of hydrogen-bond donors (Lipinski definition) is 0. The summed E-state index contributed by atoms with van der Waals surface area (Å²) in [6.45, 7) is 9.26. The first-order valence-electron chi connectivity index (χ1n) is 5.58. The molecule has 0 unspecified atom stereocenters. The Balaban J connectivity index is 3.05. The minimum absolute atomic E-state index is 0.381. The second-order valence-corrected chi connectivity index (χ2v) is 8.86. The van der Waals surface area contributed by atoms with Crippen molar-refractivity contribution < 1.29 is 0 Å². The summed E-state index contributed by atoms with van der Waals surface area (Å²) in [5.74, 6) is 0. The molecule has 0 amide bonds. The molecular formula is C13H20ClSi. The fourth-order valence-electron chi connectivity index (χ4n) is 1.87. The Kier molecular flexibility index (Phi) is 4.41. The zero-order chi connectivity index (χ0) is 11.5. The number of benzene rings is 1. The van der Waals surface area contributed by atoms with E-state index in [2.05, 4.69) is 39.8 Å². The lowest BCUT2D eigenvalue weighted by Gasteiger charge is -2.29. The van der Waals surface area contributed by atoms with Gasteiger partial charge in [-0.05, 0) is 16.3 Å². The van der Waals surface area contributed by atoms with E-state index in [0.717, 1.165) is 5.02 Å². The molecule has 0 atom stereocenters. The summed E-state index contributed by atoms with van der Waals surface area (Å²) in [5.41, 5.74) is 0. The maximum absolute atomic E-state index is 6.29. The number of hydrogen-bond acceptors (Lipinski definition) is 0. The lowest BCUT2D eigenvalue weighted by molar-refractivity contribution is 0.734. The quantitative estimate of drug-likeness (QED) is 0.692. The Bertz CT molecular complexity index is 315. The van der Waals surface area contributed by atoms with Gasteiger partial charge >= 0.3 is 0 Å². The zero-order valence-corrected chi connectivity index (χ0v) is 11.9. The van der Waals surface area contributed by atoms with Crippen molar-refractivity contribution in [1.82, 2.24) is 0 Å². The highest BCUT2D eigenvalue weighted by Crippen LogP contribution is 2.31. The smallest absolute Gasteiger partial charge is 0.0845 e. The molecule has 0 bridgehead atoms. The van der Waals surface area contributed by atoms with Gasteiger partial charge in [0.1, 0.15) is 0 Å². The van der Waals surface area contributed by atoms with E-state index < -0.39 is 8.80 Å². The van der Waals surface area contributed by atoms with Gasteiger partial charge in [-0.15, -0.1) is 0 Å². The summed E-state index contributed by atoms with van der Waals surface area (Å²) in [4.78, 5) is 0. The average Bonchev–Trinajstić information content (AvgIpc) is 2.14. The van der Waals surface area contributed by atoms with Crippen LogP contribution in [0.25, 0.3) is 0 Å². The molecule has 1 aromatic rings. The molecule has 1 aromatic carbocycles. The van der Waals surface area contributed by atoms with Crippen LogP contribution in [0, 0.1) is 0 Å². The summed E-state index contributed by atoms with van der Waals surface area (Å²) in [7, 11) is -0.551. The molecule has 1 rings (SSSR count). The van der Waals surface area contributed by atoms with Crippen molar-refractivity contribution in [2.24, 2.45) is 0 Å². The molecule has 0 spiro atoms. The Hall–Kier alpha value is -0.273. The molecule has 1 radical (unpaired) electrons. The highest BCUT2D eigenvalue weighted by molar-refractivity contribution is 6.77. The molecule has 0 saturated heterocycles. The van der Waals surface area contributed by atoms with Crippen LogP contribution < -0.4 is 5.19 Å². The third kappa shape index (κ3) is 3.35. The molecular weight excluding hydrogens is 220 g/mol. The van der Waals surface area contributed by atoms with Gasteiger partial charge in [-0.2, -0.15) is 0 Å².